The standard InChI is InChI=1S/C28H29N3O4/c1-31(2)28(10-11-28)17-35-26-15-23-22(14-25(26)33-3)24(9-12-30-23)34-16-18-7-8-20-19(13-18)5-4-6-21(20)27(29)32/h4-9,12-15H,10-11,16-17H2,1-3H3,(H2,29,32). The Labute approximate surface area is 204 Å². The largest absolute Gasteiger partial charge is 0.493 e. The fourth-order valence-corrected chi connectivity index (χ4v) is 4.40. The first-order chi connectivity index (χ1) is 16.9. The van der Waals surface area contributed by atoms with Crippen LogP contribution in [0.1, 0.15) is 28.8 Å². The van der Waals surface area contributed by atoms with E-state index in [1.165, 1.54) is 0 Å². The third-order valence-electron chi connectivity index (χ3n) is 6.86. The monoisotopic (exact) mass is 471 g/mol. The lowest BCUT2D eigenvalue weighted by Crippen LogP contribution is -2.35. The zero-order valence-corrected chi connectivity index (χ0v) is 20.2. The molecule has 0 saturated heterocycles. The Morgan fingerprint density at radius 3 is 2.54 bits per heavy atom. The molecule has 4 aromatic rings. The molecule has 0 bridgehead atoms. The van der Waals surface area contributed by atoms with Gasteiger partial charge in [0.2, 0.25) is 5.91 Å². The average molecular weight is 472 g/mol. The summed E-state index contributed by atoms with van der Waals surface area (Å²) in [5.41, 5.74) is 7.88. The van der Waals surface area contributed by atoms with E-state index in [0.29, 0.717) is 36.0 Å². The van der Waals surface area contributed by atoms with E-state index in [1.54, 1.807) is 19.4 Å². The topological polar surface area (TPSA) is 86.9 Å². The van der Waals surface area contributed by atoms with E-state index in [9.17, 15) is 4.79 Å². The van der Waals surface area contributed by atoms with Gasteiger partial charge >= 0.3 is 0 Å². The predicted octanol–water partition coefficient (Wildman–Crippen LogP) is 4.55. The molecule has 2 N–H and O–H groups in total. The molecule has 180 valence electrons. The molecule has 1 aromatic heterocycles. The van der Waals surface area contributed by atoms with E-state index in [1.807, 2.05) is 48.5 Å². The minimum Gasteiger partial charge on any atom is -0.493 e. The average Bonchev–Trinajstić information content (AvgIpc) is 3.66. The van der Waals surface area contributed by atoms with Crippen molar-refractivity contribution < 1.29 is 19.0 Å². The van der Waals surface area contributed by atoms with Crippen LogP contribution in [0.25, 0.3) is 21.7 Å². The first-order valence-electron chi connectivity index (χ1n) is 11.6. The smallest absolute Gasteiger partial charge is 0.249 e. The molecule has 0 spiro atoms. The first kappa shape index (κ1) is 22.9. The molecular weight excluding hydrogens is 442 g/mol. The lowest BCUT2D eigenvalue weighted by atomic mass is 10.0. The summed E-state index contributed by atoms with van der Waals surface area (Å²) in [6.45, 7) is 0.971. The Morgan fingerprint density at radius 2 is 1.83 bits per heavy atom. The number of hydrogen-bond acceptors (Lipinski definition) is 6. The van der Waals surface area contributed by atoms with Crippen molar-refractivity contribution in [1.82, 2.24) is 9.88 Å². The highest BCUT2D eigenvalue weighted by molar-refractivity contribution is 6.06. The molecule has 1 amide bonds. The number of ether oxygens (including phenoxy) is 3. The van der Waals surface area contributed by atoms with Crippen molar-refractivity contribution in [3.63, 3.8) is 0 Å². The van der Waals surface area contributed by atoms with Crippen LogP contribution in [0.15, 0.2) is 60.8 Å². The summed E-state index contributed by atoms with van der Waals surface area (Å²) in [5.74, 6) is 1.60. The fourth-order valence-electron chi connectivity index (χ4n) is 4.40. The Kier molecular flexibility index (Phi) is 5.94. The van der Waals surface area contributed by atoms with Gasteiger partial charge in [-0.15, -0.1) is 0 Å². The number of likely N-dealkylation sites (N-methyl/N-ethyl adjacent to an activating group) is 1. The quantitative estimate of drug-likeness (QED) is 0.385. The number of fused-ring (bicyclic) bond motifs is 2. The van der Waals surface area contributed by atoms with Crippen LogP contribution < -0.4 is 19.9 Å². The maximum Gasteiger partial charge on any atom is 0.249 e. The Hall–Kier alpha value is -3.84. The van der Waals surface area contributed by atoms with Gasteiger partial charge in [0.25, 0.3) is 0 Å². The number of methoxy groups -OCH3 is 1. The molecule has 0 radical (unpaired) electrons. The number of nitrogens with zero attached hydrogens (tertiary/aromatic N) is 2. The number of benzene rings is 3. The highest BCUT2D eigenvalue weighted by atomic mass is 16.5. The summed E-state index contributed by atoms with van der Waals surface area (Å²) in [6, 6.07) is 17.1. The third-order valence-corrected chi connectivity index (χ3v) is 6.86. The number of aromatic nitrogens is 1. The number of carbonyl (C=O) groups is 1. The summed E-state index contributed by atoms with van der Waals surface area (Å²) < 4.78 is 18.0. The number of primary amides is 1. The van der Waals surface area contributed by atoms with E-state index in [2.05, 4.69) is 24.0 Å². The van der Waals surface area contributed by atoms with Gasteiger partial charge < -0.3 is 24.8 Å². The van der Waals surface area contributed by atoms with Gasteiger partial charge in [0.15, 0.2) is 11.5 Å². The number of carbonyl (C=O) groups excluding carboxylic acids is 1. The Balaban J connectivity index is 1.38. The van der Waals surface area contributed by atoms with Crippen LogP contribution in [0.4, 0.5) is 0 Å². The zero-order chi connectivity index (χ0) is 24.6. The van der Waals surface area contributed by atoms with Crippen molar-refractivity contribution in [3.05, 3.63) is 71.9 Å². The molecule has 5 rings (SSSR count). The van der Waals surface area contributed by atoms with Crippen molar-refractivity contribution >= 4 is 27.6 Å². The number of amides is 1. The van der Waals surface area contributed by atoms with Gasteiger partial charge in [0.05, 0.1) is 18.2 Å². The second kappa shape index (κ2) is 9.07. The van der Waals surface area contributed by atoms with Crippen molar-refractivity contribution in [2.24, 2.45) is 5.73 Å². The lowest BCUT2D eigenvalue weighted by Gasteiger charge is -2.24. The van der Waals surface area contributed by atoms with Gasteiger partial charge in [-0.1, -0.05) is 24.3 Å². The number of rotatable bonds is 9. The van der Waals surface area contributed by atoms with E-state index < -0.39 is 5.91 Å². The second-order valence-corrected chi connectivity index (χ2v) is 9.25. The molecule has 1 heterocycles. The summed E-state index contributed by atoms with van der Waals surface area (Å²) in [5, 5.41) is 2.62. The van der Waals surface area contributed by atoms with Gasteiger partial charge in [-0.05, 0) is 67.5 Å². The van der Waals surface area contributed by atoms with Gasteiger partial charge in [-0.2, -0.15) is 0 Å². The highest BCUT2D eigenvalue weighted by Gasteiger charge is 2.45. The molecule has 1 saturated carbocycles. The zero-order valence-electron chi connectivity index (χ0n) is 20.2. The van der Waals surface area contributed by atoms with Gasteiger partial charge in [0.1, 0.15) is 19.0 Å². The molecule has 35 heavy (non-hydrogen) atoms. The lowest BCUT2D eigenvalue weighted by molar-refractivity contribution is 0.100. The molecule has 1 aliphatic carbocycles. The van der Waals surface area contributed by atoms with Crippen molar-refractivity contribution in [3.8, 4) is 17.2 Å². The highest BCUT2D eigenvalue weighted by Crippen LogP contribution is 2.42. The number of hydrogen-bond donors (Lipinski definition) is 1. The summed E-state index contributed by atoms with van der Waals surface area (Å²) in [4.78, 5) is 18.5. The fraction of sp³-hybridized carbons (Fsp3) is 0.286. The third kappa shape index (κ3) is 4.47. The second-order valence-electron chi connectivity index (χ2n) is 9.25. The summed E-state index contributed by atoms with van der Waals surface area (Å²) >= 11 is 0. The Bertz CT molecular complexity index is 1410. The molecule has 1 aliphatic rings. The SMILES string of the molecule is COc1cc2c(OCc3ccc4c(C(N)=O)cccc4c3)ccnc2cc1OCC1(N(C)C)CC1. The van der Waals surface area contributed by atoms with Crippen molar-refractivity contribution in [2.45, 2.75) is 25.0 Å². The minimum atomic E-state index is -0.436. The molecule has 3 aromatic carbocycles. The van der Waals surface area contributed by atoms with Crippen LogP contribution in [-0.2, 0) is 6.61 Å². The van der Waals surface area contributed by atoms with E-state index >= 15 is 0 Å². The molecular formula is C28H29N3O4. The van der Waals surface area contributed by atoms with Crippen LogP contribution >= 0.6 is 0 Å². The first-order valence-corrected chi connectivity index (χ1v) is 11.6. The predicted molar refractivity (Wildman–Crippen MR) is 136 cm³/mol. The molecule has 0 unspecified atom stereocenters. The number of pyridine rings is 1. The van der Waals surface area contributed by atoms with Crippen LogP contribution in [0.2, 0.25) is 0 Å². The van der Waals surface area contributed by atoms with Crippen molar-refractivity contribution in [2.75, 3.05) is 27.8 Å². The molecule has 0 atom stereocenters. The molecule has 7 heteroatoms. The maximum absolute atomic E-state index is 11.7. The van der Waals surface area contributed by atoms with Crippen LogP contribution in [-0.4, -0.2) is 49.1 Å². The van der Waals surface area contributed by atoms with E-state index in [-0.39, 0.29) is 5.54 Å². The van der Waals surface area contributed by atoms with E-state index in [0.717, 1.165) is 40.1 Å². The normalized spacial score (nSPS) is 14.3. The Morgan fingerprint density at radius 1 is 1.00 bits per heavy atom. The van der Waals surface area contributed by atoms with Gasteiger partial charge in [-0.25, -0.2) is 0 Å². The summed E-state index contributed by atoms with van der Waals surface area (Å²) in [6.07, 6.45) is 3.99. The molecule has 1 fully saturated rings. The van der Waals surface area contributed by atoms with Crippen LogP contribution in [0, 0.1) is 0 Å². The summed E-state index contributed by atoms with van der Waals surface area (Å²) in [7, 11) is 5.82. The maximum atomic E-state index is 11.7. The molecule has 0 aliphatic heterocycles. The molecule has 7 nitrogen and oxygen atoms in total. The van der Waals surface area contributed by atoms with Crippen LogP contribution in [0.3, 0.4) is 0 Å². The van der Waals surface area contributed by atoms with Crippen LogP contribution in [0.5, 0.6) is 17.2 Å². The van der Waals surface area contributed by atoms with Gasteiger partial charge in [0, 0.05) is 23.2 Å². The number of nitrogens with two attached hydrogens (primary N) is 1. The minimum absolute atomic E-state index is 0.108. The van der Waals surface area contributed by atoms with Crippen molar-refractivity contribution in [1.29, 1.82) is 0 Å². The van der Waals surface area contributed by atoms with Gasteiger partial charge in [-0.3, -0.25) is 9.78 Å². The van der Waals surface area contributed by atoms with E-state index in [4.69, 9.17) is 19.9 Å².